The van der Waals surface area contributed by atoms with E-state index in [1.165, 1.54) is 0 Å². The van der Waals surface area contributed by atoms with Crippen LogP contribution in [0.1, 0.15) is 0 Å². The van der Waals surface area contributed by atoms with E-state index >= 15 is 0 Å². The summed E-state index contributed by atoms with van der Waals surface area (Å²) in [4.78, 5) is 3.78. The minimum atomic E-state index is -1.47. The highest BCUT2D eigenvalue weighted by molar-refractivity contribution is 7.78. The van der Waals surface area contributed by atoms with E-state index in [4.69, 9.17) is 14.6 Å². The highest BCUT2D eigenvalue weighted by atomic mass is 32.1. The van der Waals surface area contributed by atoms with Crippen LogP contribution in [0.15, 0.2) is 29.3 Å². The number of aliphatic imine (C=N–C) groups is 1. The second kappa shape index (κ2) is 7.06. The van der Waals surface area contributed by atoms with Crippen molar-refractivity contribution < 1.29 is 29.9 Å². The van der Waals surface area contributed by atoms with Crippen LogP contribution >= 0.6 is 12.2 Å². The van der Waals surface area contributed by atoms with Gasteiger partial charge < -0.3 is 29.9 Å². The average Bonchev–Trinajstić information content (AvgIpc) is 2.50. The van der Waals surface area contributed by atoms with Gasteiger partial charge in [-0.15, -0.1) is 0 Å². The molecule has 0 bridgehead atoms. The van der Waals surface area contributed by atoms with Crippen LogP contribution in [-0.2, 0) is 4.74 Å². The van der Waals surface area contributed by atoms with E-state index in [9.17, 15) is 15.3 Å². The first-order valence-electron chi connectivity index (χ1n) is 6.22. The van der Waals surface area contributed by atoms with Gasteiger partial charge in [-0.25, -0.2) is 0 Å². The first kappa shape index (κ1) is 16.0. The van der Waals surface area contributed by atoms with Crippen molar-refractivity contribution in [3.63, 3.8) is 0 Å². The van der Waals surface area contributed by atoms with E-state index in [0.29, 0.717) is 11.4 Å². The molecule has 7 nitrogen and oxygen atoms in total. The molecule has 0 saturated carbocycles. The highest BCUT2D eigenvalue weighted by Crippen LogP contribution is 2.25. The Kier molecular flexibility index (Phi) is 5.38. The molecule has 0 amide bonds. The maximum atomic E-state index is 9.84. The molecular formula is C13H15NO6S. The highest BCUT2D eigenvalue weighted by Gasteiger charge is 2.44. The summed E-state index contributed by atoms with van der Waals surface area (Å²) in [6.45, 7) is -0.507. The molecule has 1 aromatic rings. The molecule has 4 N–H and O–H groups in total. The van der Waals surface area contributed by atoms with E-state index in [1.54, 1.807) is 24.3 Å². The van der Waals surface area contributed by atoms with Gasteiger partial charge in [0.2, 0.25) is 6.29 Å². The molecule has 1 fully saturated rings. The van der Waals surface area contributed by atoms with Crippen LogP contribution in [0.2, 0.25) is 0 Å². The zero-order valence-corrected chi connectivity index (χ0v) is 11.7. The quantitative estimate of drug-likeness (QED) is 0.442. The third kappa shape index (κ3) is 3.63. The van der Waals surface area contributed by atoms with Crippen LogP contribution in [0.25, 0.3) is 0 Å². The maximum absolute atomic E-state index is 9.84. The number of thiocarbonyl (C=S) groups is 1. The molecule has 0 unspecified atom stereocenters. The van der Waals surface area contributed by atoms with Crippen LogP contribution in [0.4, 0.5) is 5.69 Å². The summed E-state index contributed by atoms with van der Waals surface area (Å²) in [7, 11) is 0. The lowest BCUT2D eigenvalue weighted by Gasteiger charge is -2.39. The Hall–Kier alpha value is -1.38. The summed E-state index contributed by atoms with van der Waals surface area (Å²) in [5, 5.41) is 40.5. The predicted octanol–water partition coefficient (Wildman–Crippen LogP) is -0.400. The second-order valence-electron chi connectivity index (χ2n) is 4.51. The molecule has 8 heteroatoms. The lowest BCUT2D eigenvalue weighted by atomic mass is 9.99. The summed E-state index contributed by atoms with van der Waals surface area (Å²) in [6, 6.07) is 6.40. The van der Waals surface area contributed by atoms with Crippen molar-refractivity contribution in [3.05, 3.63) is 24.3 Å². The largest absolute Gasteiger partial charge is 0.462 e. The Morgan fingerprint density at radius 1 is 1.14 bits per heavy atom. The van der Waals surface area contributed by atoms with Gasteiger partial charge in [0.25, 0.3) is 0 Å². The first-order valence-corrected chi connectivity index (χ1v) is 6.62. The van der Waals surface area contributed by atoms with Gasteiger partial charge in [-0.2, -0.15) is 4.99 Å². The van der Waals surface area contributed by atoms with Crippen molar-refractivity contribution in [3.8, 4) is 5.75 Å². The molecule has 21 heavy (non-hydrogen) atoms. The van der Waals surface area contributed by atoms with Crippen molar-refractivity contribution in [1.29, 1.82) is 0 Å². The summed E-state index contributed by atoms with van der Waals surface area (Å²) >= 11 is 4.49. The molecule has 114 valence electrons. The Morgan fingerprint density at radius 2 is 1.81 bits per heavy atom. The molecule has 0 radical (unpaired) electrons. The lowest BCUT2D eigenvalue weighted by molar-refractivity contribution is -0.277. The number of aliphatic hydroxyl groups is 4. The normalized spacial score (nSPS) is 32.3. The second-order valence-corrected chi connectivity index (χ2v) is 4.69. The number of hydrogen-bond acceptors (Lipinski definition) is 8. The van der Waals surface area contributed by atoms with Crippen molar-refractivity contribution >= 4 is 23.1 Å². The first-order chi connectivity index (χ1) is 10.1. The molecule has 5 atom stereocenters. The van der Waals surface area contributed by atoms with Crippen LogP contribution in [0.5, 0.6) is 5.75 Å². The molecule has 1 heterocycles. The van der Waals surface area contributed by atoms with Gasteiger partial charge in [0, 0.05) is 0 Å². The van der Waals surface area contributed by atoms with Gasteiger partial charge in [-0.1, -0.05) is 0 Å². The Labute approximate surface area is 126 Å². The van der Waals surface area contributed by atoms with Gasteiger partial charge in [-0.05, 0) is 36.5 Å². The minimum Gasteiger partial charge on any atom is -0.462 e. The predicted molar refractivity (Wildman–Crippen MR) is 75.5 cm³/mol. The summed E-state index contributed by atoms with van der Waals surface area (Å²) in [5.41, 5.74) is 0.589. The number of aliphatic hydroxyl groups excluding tert-OH is 4. The SMILES string of the molecule is OC[C@@H]1O[C@H](Oc2ccc(N=C=S)cc2)[C@@H](O)[C@H](O)[C@@H]1O. The van der Waals surface area contributed by atoms with Crippen molar-refractivity contribution in [2.45, 2.75) is 30.7 Å². The van der Waals surface area contributed by atoms with Crippen molar-refractivity contribution in [2.75, 3.05) is 6.61 Å². The van der Waals surface area contributed by atoms with Gasteiger partial charge in [0.1, 0.15) is 30.2 Å². The Morgan fingerprint density at radius 3 is 2.38 bits per heavy atom. The monoisotopic (exact) mass is 313 g/mol. The van der Waals surface area contributed by atoms with Gasteiger partial charge in [0.05, 0.1) is 17.5 Å². The van der Waals surface area contributed by atoms with E-state index in [1.807, 2.05) is 0 Å². The minimum absolute atomic E-state index is 0.364. The number of benzene rings is 1. The number of isothiocyanates is 1. The smallest absolute Gasteiger partial charge is 0.229 e. The fourth-order valence-corrected chi connectivity index (χ4v) is 2.06. The molecule has 2 rings (SSSR count). The molecule has 0 spiro atoms. The van der Waals surface area contributed by atoms with Crippen LogP contribution in [0.3, 0.4) is 0 Å². The van der Waals surface area contributed by atoms with Crippen LogP contribution in [-0.4, -0.2) is 62.9 Å². The van der Waals surface area contributed by atoms with E-state index < -0.39 is 37.3 Å². The summed E-state index contributed by atoms with van der Waals surface area (Å²) < 4.78 is 10.6. The topological polar surface area (TPSA) is 112 Å². The zero-order chi connectivity index (χ0) is 15.4. The number of rotatable bonds is 4. The summed E-state index contributed by atoms with van der Waals surface area (Å²) in [6.07, 6.45) is -6.54. The molecule has 1 aliphatic rings. The summed E-state index contributed by atoms with van der Waals surface area (Å²) in [5.74, 6) is 0.364. The van der Waals surface area contributed by atoms with Crippen molar-refractivity contribution in [1.82, 2.24) is 0 Å². The molecule has 0 aromatic heterocycles. The molecule has 1 aromatic carbocycles. The number of ether oxygens (including phenoxy) is 2. The number of hydrogen-bond donors (Lipinski definition) is 4. The molecule has 1 saturated heterocycles. The average molecular weight is 313 g/mol. The third-order valence-electron chi connectivity index (χ3n) is 3.11. The van der Waals surface area contributed by atoms with Gasteiger partial charge in [0.15, 0.2) is 0 Å². The van der Waals surface area contributed by atoms with Crippen molar-refractivity contribution in [2.24, 2.45) is 4.99 Å². The fourth-order valence-electron chi connectivity index (χ4n) is 1.95. The van der Waals surface area contributed by atoms with Crippen LogP contribution < -0.4 is 4.74 Å². The fraction of sp³-hybridized carbons (Fsp3) is 0.462. The molecule has 1 aliphatic heterocycles. The Bertz CT molecular complexity index is 516. The van der Waals surface area contributed by atoms with Gasteiger partial charge in [-0.3, -0.25) is 0 Å². The van der Waals surface area contributed by atoms with Crippen LogP contribution in [0, 0.1) is 0 Å². The lowest BCUT2D eigenvalue weighted by Crippen LogP contribution is -2.60. The molecule has 0 aliphatic carbocycles. The van der Waals surface area contributed by atoms with Gasteiger partial charge >= 0.3 is 0 Å². The molecular weight excluding hydrogens is 298 g/mol. The van der Waals surface area contributed by atoms with E-state index in [-0.39, 0.29) is 0 Å². The third-order valence-corrected chi connectivity index (χ3v) is 3.20. The Balaban J connectivity index is 2.08. The van der Waals surface area contributed by atoms with E-state index in [2.05, 4.69) is 22.4 Å². The maximum Gasteiger partial charge on any atom is 0.229 e. The van der Waals surface area contributed by atoms with E-state index in [0.717, 1.165) is 0 Å². The standard InChI is InChI=1S/C13H15NO6S/c15-5-9-10(16)11(17)12(18)13(20-9)19-8-3-1-7(2-4-8)14-6-21/h1-4,9-13,15-18H,5H2/t9-,10+,11+,12-,13-/m0/s1. The number of nitrogens with zero attached hydrogens (tertiary/aromatic N) is 1. The zero-order valence-electron chi connectivity index (χ0n) is 10.9.